The van der Waals surface area contributed by atoms with E-state index < -0.39 is 4.92 Å². The third-order valence-electron chi connectivity index (χ3n) is 2.67. The molecule has 7 heteroatoms. The normalized spacial score (nSPS) is 12.4. The molecule has 1 aromatic carbocycles. The largest absolute Gasteiger partial charge is 0.396 e. The van der Waals surface area contributed by atoms with Crippen molar-refractivity contribution in [2.75, 3.05) is 20.3 Å². The predicted molar refractivity (Wildman–Crippen MR) is 75.0 cm³/mol. The maximum Gasteiger partial charge on any atom is 0.275 e. The highest BCUT2D eigenvalue weighted by atomic mass is 79.9. The van der Waals surface area contributed by atoms with Crippen LogP contribution in [-0.4, -0.2) is 36.4 Å². The lowest BCUT2D eigenvalue weighted by atomic mass is 10.1. The summed E-state index contributed by atoms with van der Waals surface area (Å²) >= 11 is 3.22. The fourth-order valence-electron chi connectivity index (χ4n) is 1.71. The molecule has 1 unspecified atom stereocenters. The molecule has 0 amide bonds. The molecule has 0 aliphatic rings. The summed E-state index contributed by atoms with van der Waals surface area (Å²) in [7, 11) is 1.58. The number of rotatable bonds is 8. The Morgan fingerprint density at radius 3 is 2.89 bits per heavy atom. The Hall–Kier alpha value is -1.02. The Morgan fingerprint density at radius 2 is 2.32 bits per heavy atom. The van der Waals surface area contributed by atoms with E-state index in [4.69, 9.17) is 9.84 Å². The molecular weight excluding hydrogens is 316 g/mol. The van der Waals surface area contributed by atoms with E-state index in [1.54, 1.807) is 19.2 Å². The number of nitrogens with zero attached hydrogens (tertiary/aromatic N) is 1. The monoisotopic (exact) mass is 332 g/mol. The number of nitro groups is 1. The van der Waals surface area contributed by atoms with E-state index in [2.05, 4.69) is 21.2 Å². The summed E-state index contributed by atoms with van der Waals surface area (Å²) < 4.78 is 5.70. The highest BCUT2D eigenvalue weighted by Crippen LogP contribution is 2.23. The van der Waals surface area contributed by atoms with Gasteiger partial charge in [-0.1, -0.05) is 15.9 Å². The van der Waals surface area contributed by atoms with Gasteiger partial charge in [0.2, 0.25) is 0 Å². The van der Waals surface area contributed by atoms with Crippen LogP contribution in [0.4, 0.5) is 5.69 Å². The van der Waals surface area contributed by atoms with Crippen LogP contribution in [0.2, 0.25) is 0 Å². The highest BCUT2D eigenvalue weighted by Gasteiger charge is 2.15. The van der Waals surface area contributed by atoms with Crippen molar-refractivity contribution in [2.45, 2.75) is 19.0 Å². The second-order valence-electron chi connectivity index (χ2n) is 4.08. The van der Waals surface area contributed by atoms with Crippen molar-refractivity contribution >= 4 is 21.6 Å². The summed E-state index contributed by atoms with van der Waals surface area (Å²) in [6.45, 7) is 0.853. The number of hydrogen-bond acceptors (Lipinski definition) is 5. The fourth-order valence-corrected chi connectivity index (χ4v) is 2.06. The second-order valence-corrected chi connectivity index (χ2v) is 4.99. The van der Waals surface area contributed by atoms with Crippen molar-refractivity contribution in [2.24, 2.45) is 0 Å². The summed E-state index contributed by atoms with van der Waals surface area (Å²) in [5.74, 6) is 0. The van der Waals surface area contributed by atoms with Crippen LogP contribution in [0, 0.1) is 10.1 Å². The smallest absolute Gasteiger partial charge is 0.275 e. The summed E-state index contributed by atoms with van der Waals surface area (Å²) in [5.41, 5.74) is 0.675. The van der Waals surface area contributed by atoms with Crippen molar-refractivity contribution in [3.05, 3.63) is 38.3 Å². The molecule has 0 aromatic heterocycles. The van der Waals surface area contributed by atoms with E-state index in [-0.39, 0.29) is 18.3 Å². The first-order valence-electron chi connectivity index (χ1n) is 5.84. The minimum Gasteiger partial charge on any atom is -0.396 e. The van der Waals surface area contributed by atoms with E-state index in [9.17, 15) is 10.1 Å². The molecule has 0 spiro atoms. The number of methoxy groups -OCH3 is 1. The number of hydrogen-bond donors (Lipinski definition) is 2. The third kappa shape index (κ3) is 5.23. The molecule has 1 aromatic rings. The Balaban J connectivity index is 2.73. The minimum absolute atomic E-state index is 0.0294. The van der Waals surface area contributed by atoms with Crippen LogP contribution in [0.5, 0.6) is 0 Å². The Morgan fingerprint density at radius 1 is 1.58 bits per heavy atom. The van der Waals surface area contributed by atoms with Gasteiger partial charge in [0.15, 0.2) is 0 Å². The molecule has 0 fully saturated rings. The highest BCUT2D eigenvalue weighted by molar-refractivity contribution is 9.10. The topological polar surface area (TPSA) is 84.6 Å². The number of nitrogens with one attached hydrogen (secondary N) is 1. The zero-order chi connectivity index (χ0) is 14.3. The average Bonchev–Trinajstić information content (AvgIpc) is 2.37. The van der Waals surface area contributed by atoms with E-state index >= 15 is 0 Å². The van der Waals surface area contributed by atoms with Gasteiger partial charge in [-0.2, -0.15) is 0 Å². The number of aliphatic hydroxyl groups is 1. The number of aliphatic hydroxyl groups excluding tert-OH is 1. The third-order valence-corrected chi connectivity index (χ3v) is 3.16. The molecule has 19 heavy (non-hydrogen) atoms. The van der Waals surface area contributed by atoms with Gasteiger partial charge in [-0.25, -0.2) is 0 Å². The van der Waals surface area contributed by atoms with Gasteiger partial charge in [-0.3, -0.25) is 10.1 Å². The van der Waals surface area contributed by atoms with Gasteiger partial charge in [0, 0.05) is 42.4 Å². The van der Waals surface area contributed by atoms with Crippen molar-refractivity contribution in [3.8, 4) is 0 Å². The molecule has 2 N–H and O–H groups in total. The summed E-state index contributed by atoms with van der Waals surface area (Å²) in [5, 5.41) is 23.0. The summed E-state index contributed by atoms with van der Waals surface area (Å²) in [6.07, 6.45) is 0.540. The van der Waals surface area contributed by atoms with Crippen molar-refractivity contribution in [1.82, 2.24) is 5.32 Å². The molecule has 106 valence electrons. The van der Waals surface area contributed by atoms with Crippen LogP contribution >= 0.6 is 15.9 Å². The summed E-state index contributed by atoms with van der Waals surface area (Å²) in [4.78, 5) is 10.6. The van der Waals surface area contributed by atoms with E-state index in [0.29, 0.717) is 29.6 Å². The van der Waals surface area contributed by atoms with Gasteiger partial charge in [-0.05, 0) is 18.6 Å². The molecule has 1 atom stereocenters. The SMILES string of the molecule is COCC(CCO)NCc1ccc(Br)cc1[N+](=O)[O-]. The maximum absolute atomic E-state index is 11.0. The zero-order valence-corrected chi connectivity index (χ0v) is 12.2. The minimum atomic E-state index is -0.404. The molecule has 0 bridgehead atoms. The van der Waals surface area contributed by atoms with E-state index in [1.165, 1.54) is 6.07 Å². The Bertz CT molecular complexity index is 422. The summed E-state index contributed by atoms with van der Waals surface area (Å²) in [6, 6.07) is 4.92. The Kier molecular flexibility index (Phi) is 6.93. The van der Waals surface area contributed by atoms with Crippen LogP contribution in [-0.2, 0) is 11.3 Å². The Labute approximate surface area is 120 Å². The first-order chi connectivity index (χ1) is 9.08. The molecule has 0 radical (unpaired) electrons. The molecule has 0 saturated heterocycles. The van der Waals surface area contributed by atoms with E-state index in [0.717, 1.165) is 0 Å². The average molecular weight is 333 g/mol. The molecule has 0 heterocycles. The van der Waals surface area contributed by atoms with Crippen LogP contribution in [0.3, 0.4) is 0 Å². The van der Waals surface area contributed by atoms with Crippen LogP contribution in [0.25, 0.3) is 0 Å². The number of benzene rings is 1. The maximum atomic E-state index is 11.0. The number of halogens is 1. The quantitative estimate of drug-likeness (QED) is 0.560. The lowest BCUT2D eigenvalue weighted by Crippen LogP contribution is -2.33. The van der Waals surface area contributed by atoms with Crippen molar-refractivity contribution < 1.29 is 14.8 Å². The van der Waals surface area contributed by atoms with Gasteiger partial charge in [0.1, 0.15) is 0 Å². The van der Waals surface area contributed by atoms with Crippen LogP contribution in [0.15, 0.2) is 22.7 Å². The van der Waals surface area contributed by atoms with Gasteiger partial charge in [-0.15, -0.1) is 0 Å². The fraction of sp³-hybridized carbons (Fsp3) is 0.500. The first-order valence-corrected chi connectivity index (χ1v) is 6.63. The first kappa shape index (κ1) is 16.0. The standard InChI is InChI=1S/C12H17BrN2O4/c1-19-8-11(4-5-16)14-7-9-2-3-10(13)6-12(9)15(17)18/h2-3,6,11,14,16H,4-5,7-8H2,1H3. The lowest BCUT2D eigenvalue weighted by Gasteiger charge is -2.16. The molecule has 1 rings (SSSR count). The zero-order valence-electron chi connectivity index (χ0n) is 10.6. The molecule has 0 aliphatic carbocycles. The van der Waals surface area contributed by atoms with Crippen LogP contribution < -0.4 is 5.32 Å². The van der Waals surface area contributed by atoms with Gasteiger partial charge in [0.05, 0.1) is 11.5 Å². The van der Waals surface area contributed by atoms with Crippen LogP contribution in [0.1, 0.15) is 12.0 Å². The predicted octanol–water partition coefficient (Wildman–Crippen LogP) is 1.84. The van der Waals surface area contributed by atoms with Crippen molar-refractivity contribution in [1.29, 1.82) is 0 Å². The van der Waals surface area contributed by atoms with Gasteiger partial charge < -0.3 is 15.2 Å². The lowest BCUT2D eigenvalue weighted by molar-refractivity contribution is -0.385. The number of ether oxygens (including phenoxy) is 1. The van der Waals surface area contributed by atoms with E-state index in [1.807, 2.05) is 0 Å². The van der Waals surface area contributed by atoms with Gasteiger partial charge in [0.25, 0.3) is 5.69 Å². The van der Waals surface area contributed by atoms with Gasteiger partial charge >= 0.3 is 0 Å². The molecule has 0 saturated carbocycles. The molecular formula is C12H17BrN2O4. The second kappa shape index (κ2) is 8.21. The molecule has 0 aliphatic heterocycles. The van der Waals surface area contributed by atoms with Crippen molar-refractivity contribution in [3.63, 3.8) is 0 Å². The molecule has 6 nitrogen and oxygen atoms in total. The number of nitro benzene ring substituents is 1.